The first-order chi connectivity index (χ1) is 6.68. The van der Waals surface area contributed by atoms with E-state index in [1.165, 1.54) is 16.7 Å². The third kappa shape index (κ3) is 1.52. The number of hydrogen-bond acceptors (Lipinski definition) is 2. The molecule has 0 aromatic heterocycles. The van der Waals surface area contributed by atoms with Crippen LogP contribution in [-0.4, -0.2) is 5.97 Å². The molecule has 1 saturated heterocycles. The molecular formula is C12H14O2. The molecule has 2 heteroatoms. The van der Waals surface area contributed by atoms with Crippen LogP contribution in [0.2, 0.25) is 0 Å². The van der Waals surface area contributed by atoms with Crippen LogP contribution in [0.5, 0.6) is 0 Å². The number of ether oxygens (including phenoxy) is 1. The van der Waals surface area contributed by atoms with Crippen molar-refractivity contribution in [2.75, 3.05) is 0 Å². The molecule has 0 N–H and O–H groups in total. The predicted molar refractivity (Wildman–Crippen MR) is 54.0 cm³/mol. The lowest BCUT2D eigenvalue weighted by atomic mass is 9.96. The van der Waals surface area contributed by atoms with Crippen molar-refractivity contribution in [1.82, 2.24) is 0 Å². The molecule has 1 heterocycles. The first kappa shape index (κ1) is 9.25. The summed E-state index contributed by atoms with van der Waals surface area (Å²) in [4.78, 5) is 11.0. The quantitative estimate of drug-likeness (QED) is 0.636. The van der Waals surface area contributed by atoms with Crippen LogP contribution in [0, 0.1) is 13.8 Å². The highest BCUT2D eigenvalue weighted by Gasteiger charge is 2.26. The SMILES string of the molecule is Cc1cccc(C)c1[C@H]1CCC(=O)O1. The predicted octanol–water partition coefficient (Wildman–Crippen LogP) is 2.68. The van der Waals surface area contributed by atoms with Gasteiger partial charge in [-0.25, -0.2) is 0 Å². The Morgan fingerprint density at radius 3 is 2.43 bits per heavy atom. The van der Waals surface area contributed by atoms with Crippen LogP contribution >= 0.6 is 0 Å². The summed E-state index contributed by atoms with van der Waals surface area (Å²) in [6, 6.07) is 6.16. The fraction of sp³-hybridized carbons (Fsp3) is 0.417. The van der Waals surface area contributed by atoms with Gasteiger partial charge in [-0.2, -0.15) is 0 Å². The number of aryl methyl sites for hydroxylation is 2. The fourth-order valence-electron chi connectivity index (χ4n) is 2.06. The lowest BCUT2D eigenvalue weighted by molar-refractivity contribution is -0.141. The molecule has 1 atom stereocenters. The van der Waals surface area contributed by atoms with E-state index < -0.39 is 0 Å². The molecule has 0 unspecified atom stereocenters. The van der Waals surface area contributed by atoms with Crippen LogP contribution in [0.15, 0.2) is 18.2 Å². The number of carbonyl (C=O) groups excluding carboxylic acids is 1. The molecule has 2 rings (SSSR count). The van der Waals surface area contributed by atoms with Crippen LogP contribution in [-0.2, 0) is 9.53 Å². The van der Waals surface area contributed by atoms with E-state index in [0.29, 0.717) is 6.42 Å². The maximum Gasteiger partial charge on any atom is 0.306 e. The topological polar surface area (TPSA) is 26.3 Å². The third-order valence-corrected chi connectivity index (χ3v) is 2.75. The summed E-state index contributed by atoms with van der Waals surface area (Å²) in [5, 5.41) is 0. The number of cyclic esters (lactones) is 1. The average molecular weight is 190 g/mol. The van der Waals surface area contributed by atoms with Gasteiger partial charge in [0.25, 0.3) is 0 Å². The lowest BCUT2D eigenvalue weighted by Crippen LogP contribution is -2.03. The Labute approximate surface area is 83.9 Å². The molecule has 74 valence electrons. The van der Waals surface area contributed by atoms with Gasteiger partial charge in [0.05, 0.1) is 0 Å². The highest BCUT2D eigenvalue weighted by atomic mass is 16.5. The smallest absolute Gasteiger partial charge is 0.306 e. The third-order valence-electron chi connectivity index (χ3n) is 2.75. The zero-order valence-electron chi connectivity index (χ0n) is 8.54. The summed E-state index contributed by atoms with van der Waals surface area (Å²) in [6.45, 7) is 4.13. The molecule has 1 aromatic rings. The maximum atomic E-state index is 11.0. The van der Waals surface area contributed by atoms with Crippen molar-refractivity contribution in [1.29, 1.82) is 0 Å². The van der Waals surface area contributed by atoms with Gasteiger partial charge in [-0.3, -0.25) is 4.79 Å². The van der Waals surface area contributed by atoms with Crippen LogP contribution < -0.4 is 0 Å². The Kier molecular flexibility index (Phi) is 2.28. The molecule has 0 radical (unpaired) electrons. The van der Waals surface area contributed by atoms with Gasteiger partial charge in [-0.1, -0.05) is 18.2 Å². The van der Waals surface area contributed by atoms with Gasteiger partial charge >= 0.3 is 5.97 Å². The summed E-state index contributed by atoms with van der Waals surface area (Å²) in [5.41, 5.74) is 3.62. The summed E-state index contributed by atoms with van der Waals surface area (Å²) < 4.78 is 5.27. The molecule has 0 bridgehead atoms. The van der Waals surface area contributed by atoms with Crippen molar-refractivity contribution in [3.05, 3.63) is 34.9 Å². The van der Waals surface area contributed by atoms with Crippen molar-refractivity contribution in [2.24, 2.45) is 0 Å². The minimum Gasteiger partial charge on any atom is -0.457 e. The number of esters is 1. The number of rotatable bonds is 1. The van der Waals surface area contributed by atoms with Gasteiger partial charge in [0.1, 0.15) is 6.10 Å². The van der Waals surface area contributed by atoms with E-state index in [2.05, 4.69) is 26.0 Å². The molecule has 0 amide bonds. The molecule has 2 nitrogen and oxygen atoms in total. The molecular weight excluding hydrogens is 176 g/mol. The summed E-state index contributed by atoms with van der Waals surface area (Å²) >= 11 is 0. The van der Waals surface area contributed by atoms with E-state index in [-0.39, 0.29) is 12.1 Å². The minimum atomic E-state index is -0.0716. The second-order valence-electron chi connectivity index (χ2n) is 3.82. The van der Waals surface area contributed by atoms with Crippen LogP contribution in [0.4, 0.5) is 0 Å². The lowest BCUT2D eigenvalue weighted by Gasteiger charge is -2.15. The largest absolute Gasteiger partial charge is 0.457 e. The number of hydrogen-bond donors (Lipinski definition) is 0. The van der Waals surface area contributed by atoms with Crippen LogP contribution in [0.1, 0.15) is 35.6 Å². The summed E-state index contributed by atoms with van der Waals surface area (Å²) in [5.74, 6) is -0.0716. The normalized spacial score (nSPS) is 21.0. The van der Waals surface area contributed by atoms with Crippen molar-refractivity contribution in [3.8, 4) is 0 Å². The Hall–Kier alpha value is -1.31. The van der Waals surface area contributed by atoms with E-state index in [0.717, 1.165) is 6.42 Å². The van der Waals surface area contributed by atoms with Gasteiger partial charge in [0, 0.05) is 6.42 Å². The van der Waals surface area contributed by atoms with Gasteiger partial charge in [-0.05, 0) is 37.0 Å². The molecule has 1 fully saturated rings. The molecule has 1 aromatic carbocycles. The molecule has 0 spiro atoms. The van der Waals surface area contributed by atoms with Crippen LogP contribution in [0.25, 0.3) is 0 Å². The number of carbonyl (C=O) groups is 1. The standard InChI is InChI=1S/C12H14O2/c1-8-4-3-5-9(2)12(8)10-6-7-11(13)14-10/h3-5,10H,6-7H2,1-2H3/t10-/m1/s1. The van der Waals surface area contributed by atoms with E-state index in [1.54, 1.807) is 0 Å². The van der Waals surface area contributed by atoms with Crippen molar-refractivity contribution >= 4 is 5.97 Å². The minimum absolute atomic E-state index is 0.0105. The monoisotopic (exact) mass is 190 g/mol. The highest BCUT2D eigenvalue weighted by Crippen LogP contribution is 2.33. The summed E-state index contributed by atoms with van der Waals surface area (Å²) in [6.07, 6.45) is 1.37. The van der Waals surface area contributed by atoms with E-state index in [4.69, 9.17) is 4.74 Å². The van der Waals surface area contributed by atoms with Gasteiger partial charge in [0.2, 0.25) is 0 Å². The number of benzene rings is 1. The first-order valence-electron chi connectivity index (χ1n) is 4.94. The van der Waals surface area contributed by atoms with E-state index in [9.17, 15) is 4.79 Å². The van der Waals surface area contributed by atoms with E-state index >= 15 is 0 Å². The van der Waals surface area contributed by atoms with Crippen molar-refractivity contribution in [2.45, 2.75) is 32.8 Å². The van der Waals surface area contributed by atoms with Crippen molar-refractivity contribution in [3.63, 3.8) is 0 Å². The second-order valence-corrected chi connectivity index (χ2v) is 3.82. The molecule has 1 aliphatic heterocycles. The Bertz CT molecular complexity index is 348. The highest BCUT2D eigenvalue weighted by molar-refractivity contribution is 5.72. The molecule has 0 saturated carbocycles. The summed E-state index contributed by atoms with van der Waals surface area (Å²) in [7, 11) is 0. The molecule has 0 aliphatic carbocycles. The zero-order chi connectivity index (χ0) is 10.1. The van der Waals surface area contributed by atoms with Gasteiger partial charge < -0.3 is 4.74 Å². The van der Waals surface area contributed by atoms with Crippen molar-refractivity contribution < 1.29 is 9.53 Å². The second kappa shape index (κ2) is 3.45. The fourth-order valence-corrected chi connectivity index (χ4v) is 2.06. The Balaban J connectivity index is 2.36. The first-order valence-corrected chi connectivity index (χ1v) is 4.94. The zero-order valence-corrected chi connectivity index (χ0v) is 8.54. The Morgan fingerprint density at radius 2 is 1.93 bits per heavy atom. The Morgan fingerprint density at radius 1 is 1.29 bits per heavy atom. The van der Waals surface area contributed by atoms with E-state index in [1.807, 2.05) is 6.07 Å². The van der Waals surface area contributed by atoms with Gasteiger partial charge in [-0.15, -0.1) is 0 Å². The van der Waals surface area contributed by atoms with Gasteiger partial charge in [0.15, 0.2) is 0 Å². The maximum absolute atomic E-state index is 11.0. The van der Waals surface area contributed by atoms with Crippen LogP contribution in [0.3, 0.4) is 0 Å². The molecule has 1 aliphatic rings. The average Bonchev–Trinajstić information content (AvgIpc) is 2.51. The molecule has 14 heavy (non-hydrogen) atoms.